The molecular weight excluding hydrogens is 372 g/mol. The van der Waals surface area contributed by atoms with Crippen molar-refractivity contribution in [1.29, 1.82) is 0 Å². The van der Waals surface area contributed by atoms with Gasteiger partial charge < -0.3 is 15.2 Å². The number of hydrogen-bond donors (Lipinski definition) is 3. The third-order valence-electron chi connectivity index (χ3n) is 4.59. The van der Waals surface area contributed by atoms with Crippen molar-refractivity contribution in [3.63, 3.8) is 0 Å². The summed E-state index contributed by atoms with van der Waals surface area (Å²) in [5.74, 6) is -0.199. The Balaban J connectivity index is 1.73. The Kier molecular flexibility index (Phi) is 4.46. The molecule has 0 saturated carbocycles. The lowest BCUT2D eigenvalue weighted by atomic mass is 10.1. The molecule has 1 aromatic carbocycles. The fraction of sp³-hybridized carbons (Fsp3) is 0.263. The Morgan fingerprint density at radius 3 is 2.77 bits per heavy atom. The average molecular weight is 389 g/mol. The van der Waals surface area contributed by atoms with Gasteiger partial charge in [0.2, 0.25) is 0 Å². The van der Waals surface area contributed by atoms with Crippen LogP contribution in [0.5, 0.6) is 11.5 Å². The molecule has 5 nitrogen and oxygen atoms in total. The molecule has 0 radical (unpaired) electrons. The van der Waals surface area contributed by atoms with Gasteiger partial charge in [0.25, 0.3) is 5.56 Å². The summed E-state index contributed by atoms with van der Waals surface area (Å²) in [4.78, 5) is 22.1. The van der Waals surface area contributed by atoms with E-state index in [-0.39, 0.29) is 22.1 Å². The molecular formula is C19H17ClN2O3S. The minimum absolute atomic E-state index is 0.0588. The van der Waals surface area contributed by atoms with E-state index in [1.54, 1.807) is 23.5 Å². The average Bonchev–Trinajstić information content (AvgIpc) is 2.80. The summed E-state index contributed by atoms with van der Waals surface area (Å²) >= 11 is 7.47. The van der Waals surface area contributed by atoms with Crippen LogP contribution in [0.15, 0.2) is 16.9 Å². The molecule has 0 bridgehead atoms. The second-order valence-electron chi connectivity index (χ2n) is 6.40. The third-order valence-corrected chi connectivity index (χ3v) is 6.07. The zero-order valence-corrected chi connectivity index (χ0v) is 15.5. The van der Waals surface area contributed by atoms with Crippen LogP contribution in [0, 0.1) is 0 Å². The minimum atomic E-state index is -0.350. The smallest absolute Gasteiger partial charge is 0.260 e. The topological polar surface area (TPSA) is 86.2 Å². The summed E-state index contributed by atoms with van der Waals surface area (Å²) in [7, 11) is 0. The summed E-state index contributed by atoms with van der Waals surface area (Å²) in [5, 5.41) is 19.9. The number of aromatic amines is 1. The van der Waals surface area contributed by atoms with Gasteiger partial charge in [0, 0.05) is 4.88 Å². The highest BCUT2D eigenvalue weighted by atomic mass is 35.5. The second-order valence-corrected chi connectivity index (χ2v) is 7.89. The van der Waals surface area contributed by atoms with Gasteiger partial charge in [-0.15, -0.1) is 11.3 Å². The first-order chi connectivity index (χ1) is 12.5. The van der Waals surface area contributed by atoms with E-state index in [9.17, 15) is 15.0 Å². The molecule has 0 unspecified atom stereocenters. The molecule has 3 N–H and O–H groups in total. The van der Waals surface area contributed by atoms with Crippen LogP contribution in [-0.4, -0.2) is 20.2 Å². The number of hydrogen-bond acceptors (Lipinski definition) is 5. The van der Waals surface area contributed by atoms with E-state index in [4.69, 9.17) is 11.6 Å². The van der Waals surface area contributed by atoms with Crippen LogP contribution in [0.1, 0.15) is 41.1 Å². The van der Waals surface area contributed by atoms with Crippen molar-refractivity contribution in [2.45, 2.75) is 32.1 Å². The first kappa shape index (κ1) is 17.1. The lowest BCUT2D eigenvalue weighted by Crippen LogP contribution is -2.10. The van der Waals surface area contributed by atoms with Gasteiger partial charge in [0.05, 0.1) is 10.4 Å². The molecule has 0 atom stereocenters. The Hall–Kier alpha value is -2.31. The molecule has 134 valence electrons. The number of thiophene rings is 1. The standard InChI is InChI=1S/C19H17ClN2O3S/c20-12-8-10(9-13(23)17(12)24)6-7-15-21-18(25)16-11-4-2-1-3-5-14(11)26-19(16)22-15/h6-9,23-24H,1-5H2,(H,21,22,25)/b7-6+. The molecule has 0 saturated heterocycles. The molecule has 26 heavy (non-hydrogen) atoms. The number of nitrogens with zero attached hydrogens (tertiary/aromatic N) is 1. The van der Waals surface area contributed by atoms with Crippen molar-refractivity contribution in [3.8, 4) is 11.5 Å². The Bertz CT molecular complexity index is 1060. The largest absolute Gasteiger partial charge is 0.504 e. The zero-order chi connectivity index (χ0) is 18.3. The molecule has 1 aliphatic rings. The quantitative estimate of drug-likeness (QED) is 0.446. The Morgan fingerprint density at radius 2 is 1.96 bits per heavy atom. The summed E-state index contributed by atoms with van der Waals surface area (Å²) < 4.78 is 0. The molecule has 2 aromatic heterocycles. The minimum Gasteiger partial charge on any atom is -0.504 e. The van der Waals surface area contributed by atoms with Crippen LogP contribution < -0.4 is 5.56 Å². The maximum Gasteiger partial charge on any atom is 0.260 e. The summed E-state index contributed by atoms with van der Waals surface area (Å²) in [6.07, 6.45) is 8.78. The van der Waals surface area contributed by atoms with E-state index >= 15 is 0 Å². The van der Waals surface area contributed by atoms with Crippen molar-refractivity contribution in [3.05, 3.63) is 49.3 Å². The van der Waals surface area contributed by atoms with Gasteiger partial charge in [-0.05, 0) is 55.0 Å². The second kappa shape index (κ2) is 6.78. The van der Waals surface area contributed by atoms with Gasteiger partial charge in [-0.3, -0.25) is 4.79 Å². The van der Waals surface area contributed by atoms with Crippen LogP contribution in [0.3, 0.4) is 0 Å². The number of rotatable bonds is 2. The first-order valence-electron chi connectivity index (χ1n) is 8.47. The molecule has 2 heterocycles. The summed E-state index contributed by atoms with van der Waals surface area (Å²) in [5.41, 5.74) is 1.65. The van der Waals surface area contributed by atoms with Crippen LogP contribution in [0.25, 0.3) is 22.4 Å². The SMILES string of the molecule is O=c1[nH]c(/C=C/c2cc(O)c(O)c(Cl)c2)nc2sc3c(c12)CCCCC3. The van der Waals surface area contributed by atoms with Crippen molar-refractivity contribution in [2.24, 2.45) is 0 Å². The highest BCUT2D eigenvalue weighted by Gasteiger charge is 2.18. The third kappa shape index (κ3) is 3.10. The molecule has 0 aliphatic heterocycles. The number of aromatic hydroxyl groups is 2. The monoisotopic (exact) mass is 388 g/mol. The van der Waals surface area contributed by atoms with Gasteiger partial charge in [0.1, 0.15) is 10.7 Å². The fourth-order valence-electron chi connectivity index (χ4n) is 3.31. The lowest BCUT2D eigenvalue weighted by Gasteiger charge is -2.02. The predicted molar refractivity (Wildman–Crippen MR) is 105 cm³/mol. The number of phenolic OH excluding ortho intramolecular Hbond substituents is 2. The van der Waals surface area contributed by atoms with Gasteiger partial charge >= 0.3 is 0 Å². The predicted octanol–water partition coefficient (Wildman–Crippen LogP) is 4.49. The van der Waals surface area contributed by atoms with Crippen molar-refractivity contribution in [1.82, 2.24) is 9.97 Å². The summed E-state index contributed by atoms with van der Waals surface area (Å²) in [6.45, 7) is 0. The maximum absolute atomic E-state index is 12.6. The molecule has 3 aromatic rings. The van der Waals surface area contributed by atoms with E-state index in [1.165, 1.54) is 29.0 Å². The Labute approximate surface area is 158 Å². The van der Waals surface area contributed by atoms with Crippen LogP contribution in [-0.2, 0) is 12.8 Å². The number of benzene rings is 1. The number of aromatic nitrogens is 2. The van der Waals surface area contributed by atoms with E-state index in [0.29, 0.717) is 11.4 Å². The molecule has 7 heteroatoms. The zero-order valence-electron chi connectivity index (χ0n) is 13.9. The Morgan fingerprint density at radius 1 is 1.15 bits per heavy atom. The maximum atomic E-state index is 12.6. The molecule has 1 aliphatic carbocycles. The highest BCUT2D eigenvalue weighted by Crippen LogP contribution is 2.35. The van der Waals surface area contributed by atoms with Crippen LogP contribution in [0.4, 0.5) is 0 Å². The van der Waals surface area contributed by atoms with Crippen LogP contribution in [0.2, 0.25) is 5.02 Å². The number of H-pyrrole nitrogens is 1. The lowest BCUT2D eigenvalue weighted by molar-refractivity contribution is 0.404. The van der Waals surface area contributed by atoms with Crippen molar-refractivity contribution >= 4 is 45.3 Å². The van der Waals surface area contributed by atoms with Gasteiger partial charge in [0.15, 0.2) is 11.5 Å². The van der Waals surface area contributed by atoms with Crippen molar-refractivity contribution < 1.29 is 10.2 Å². The van der Waals surface area contributed by atoms with Gasteiger partial charge in [-0.1, -0.05) is 24.1 Å². The van der Waals surface area contributed by atoms with Crippen LogP contribution >= 0.6 is 22.9 Å². The highest BCUT2D eigenvalue weighted by molar-refractivity contribution is 7.18. The number of fused-ring (bicyclic) bond motifs is 3. The van der Waals surface area contributed by atoms with E-state index < -0.39 is 0 Å². The number of aryl methyl sites for hydroxylation is 2. The number of phenols is 2. The van der Waals surface area contributed by atoms with Crippen molar-refractivity contribution in [2.75, 3.05) is 0 Å². The number of halogens is 1. The molecule has 0 fully saturated rings. The van der Waals surface area contributed by atoms with E-state index in [0.717, 1.165) is 35.9 Å². The molecule has 0 amide bonds. The summed E-state index contributed by atoms with van der Waals surface area (Å²) in [6, 6.07) is 2.92. The molecule has 0 spiro atoms. The fourth-order valence-corrected chi connectivity index (χ4v) is 4.80. The normalized spacial score (nSPS) is 14.7. The van der Waals surface area contributed by atoms with E-state index in [2.05, 4.69) is 9.97 Å². The van der Waals surface area contributed by atoms with Gasteiger partial charge in [-0.2, -0.15) is 0 Å². The first-order valence-corrected chi connectivity index (χ1v) is 9.66. The van der Waals surface area contributed by atoms with E-state index in [1.807, 2.05) is 0 Å². The molecule has 4 rings (SSSR count). The van der Waals surface area contributed by atoms with Gasteiger partial charge in [-0.25, -0.2) is 4.98 Å². The number of nitrogens with one attached hydrogen (secondary N) is 1.